The predicted octanol–water partition coefficient (Wildman–Crippen LogP) is 3.17. The lowest BCUT2D eigenvalue weighted by Crippen LogP contribution is -2.41. The molecule has 0 spiro atoms. The number of hydrogen-bond acceptors (Lipinski definition) is 5. The molecule has 0 saturated carbocycles. The van der Waals surface area contributed by atoms with Crippen molar-refractivity contribution in [1.29, 1.82) is 0 Å². The summed E-state index contributed by atoms with van der Waals surface area (Å²) in [5.41, 5.74) is 2.73. The molecule has 4 rings (SSSR count). The lowest BCUT2D eigenvalue weighted by molar-refractivity contribution is 0.354. The lowest BCUT2D eigenvalue weighted by atomic mass is 10.1. The van der Waals surface area contributed by atoms with Gasteiger partial charge in [-0.15, -0.1) is 0 Å². The summed E-state index contributed by atoms with van der Waals surface area (Å²) < 4.78 is 13.5. The fourth-order valence-electron chi connectivity index (χ4n) is 3.74. The molecule has 4 aromatic rings. The molecule has 0 radical (unpaired) electrons. The molecule has 0 saturated heterocycles. The van der Waals surface area contributed by atoms with Gasteiger partial charge in [0.1, 0.15) is 5.65 Å². The summed E-state index contributed by atoms with van der Waals surface area (Å²) in [5, 5.41) is 0.423. The van der Waals surface area contributed by atoms with Crippen molar-refractivity contribution in [2.24, 2.45) is 0 Å². The Labute approximate surface area is 185 Å². The average Bonchev–Trinajstić information content (AvgIpc) is 2.82. The van der Waals surface area contributed by atoms with Crippen LogP contribution in [-0.4, -0.2) is 28.3 Å². The van der Waals surface area contributed by atoms with Gasteiger partial charge >= 0.3 is 5.69 Å². The Morgan fingerprint density at radius 2 is 1.59 bits per heavy atom. The average molecular weight is 431 g/mol. The van der Waals surface area contributed by atoms with E-state index in [0.29, 0.717) is 35.5 Å². The number of pyridine rings is 1. The zero-order valence-electron chi connectivity index (χ0n) is 18.4. The highest BCUT2D eigenvalue weighted by Crippen LogP contribution is 2.27. The first kappa shape index (κ1) is 21.4. The predicted molar refractivity (Wildman–Crippen MR) is 124 cm³/mol. The second-order valence-electron chi connectivity index (χ2n) is 7.63. The fourth-order valence-corrected chi connectivity index (χ4v) is 3.74. The Balaban J connectivity index is 1.74. The molecule has 164 valence electrons. The molecular formula is C25H25N3O4. The van der Waals surface area contributed by atoms with E-state index in [1.807, 2.05) is 49.4 Å². The number of rotatable bonds is 7. The summed E-state index contributed by atoms with van der Waals surface area (Å²) in [7, 11) is 3.16. The third-order valence-corrected chi connectivity index (χ3v) is 5.51. The topological polar surface area (TPSA) is 75.4 Å². The van der Waals surface area contributed by atoms with Crippen LogP contribution in [0.4, 0.5) is 0 Å². The van der Waals surface area contributed by atoms with Gasteiger partial charge in [0.25, 0.3) is 5.56 Å². The van der Waals surface area contributed by atoms with Gasteiger partial charge in [-0.3, -0.25) is 13.9 Å². The van der Waals surface area contributed by atoms with Crippen LogP contribution in [0.5, 0.6) is 11.5 Å². The SMILES string of the molecule is COc1ccc(CCn2c(=O)c3cccnc3n(Cc3ccc(C)cc3)c2=O)cc1OC. The summed E-state index contributed by atoms with van der Waals surface area (Å²) in [6.07, 6.45) is 2.09. The molecule has 2 aromatic heterocycles. The van der Waals surface area contributed by atoms with Crippen LogP contribution in [0.25, 0.3) is 11.0 Å². The van der Waals surface area contributed by atoms with Crippen LogP contribution in [0.2, 0.25) is 0 Å². The standard InChI is InChI=1S/C25H25N3O4/c1-17-6-8-19(9-7-17)16-28-23-20(5-4-13-26-23)24(29)27(25(28)30)14-12-18-10-11-21(31-2)22(15-18)32-3/h4-11,13,15H,12,14,16H2,1-3H3. The number of aromatic nitrogens is 3. The first-order chi connectivity index (χ1) is 15.5. The van der Waals surface area contributed by atoms with Crippen LogP contribution in [0.15, 0.2) is 70.4 Å². The molecule has 32 heavy (non-hydrogen) atoms. The third-order valence-electron chi connectivity index (χ3n) is 5.51. The maximum Gasteiger partial charge on any atom is 0.332 e. The molecular weight excluding hydrogens is 406 g/mol. The van der Waals surface area contributed by atoms with Gasteiger partial charge < -0.3 is 9.47 Å². The molecule has 7 nitrogen and oxygen atoms in total. The minimum Gasteiger partial charge on any atom is -0.493 e. The van der Waals surface area contributed by atoms with Crippen LogP contribution in [0.3, 0.4) is 0 Å². The quantitative estimate of drug-likeness (QED) is 0.449. The van der Waals surface area contributed by atoms with Gasteiger partial charge in [-0.1, -0.05) is 35.9 Å². The van der Waals surface area contributed by atoms with E-state index in [1.54, 1.807) is 37.1 Å². The Kier molecular flexibility index (Phi) is 6.07. The number of benzene rings is 2. The molecule has 2 aromatic carbocycles. The van der Waals surface area contributed by atoms with E-state index in [0.717, 1.165) is 16.7 Å². The van der Waals surface area contributed by atoms with E-state index < -0.39 is 0 Å². The highest BCUT2D eigenvalue weighted by atomic mass is 16.5. The summed E-state index contributed by atoms with van der Waals surface area (Å²) in [4.78, 5) is 30.8. The molecule has 0 fully saturated rings. The van der Waals surface area contributed by atoms with Crippen molar-refractivity contribution >= 4 is 11.0 Å². The molecule has 7 heteroatoms. The van der Waals surface area contributed by atoms with Crippen molar-refractivity contribution in [3.05, 3.63) is 98.3 Å². The molecule has 0 bridgehead atoms. The van der Waals surface area contributed by atoms with E-state index in [1.165, 1.54) is 4.57 Å². The maximum absolute atomic E-state index is 13.4. The Hall–Kier alpha value is -3.87. The first-order valence-corrected chi connectivity index (χ1v) is 10.4. The van der Waals surface area contributed by atoms with Gasteiger partial charge in [-0.05, 0) is 48.7 Å². The van der Waals surface area contributed by atoms with E-state index in [2.05, 4.69) is 4.98 Å². The Morgan fingerprint density at radius 1 is 0.875 bits per heavy atom. The highest BCUT2D eigenvalue weighted by Gasteiger charge is 2.15. The normalized spacial score (nSPS) is 11.0. The van der Waals surface area contributed by atoms with Crippen molar-refractivity contribution < 1.29 is 9.47 Å². The van der Waals surface area contributed by atoms with Crippen LogP contribution in [0, 0.1) is 6.92 Å². The molecule has 2 heterocycles. The number of hydrogen-bond donors (Lipinski definition) is 0. The Bertz CT molecular complexity index is 1370. The monoisotopic (exact) mass is 431 g/mol. The lowest BCUT2D eigenvalue weighted by Gasteiger charge is -2.14. The summed E-state index contributed by atoms with van der Waals surface area (Å²) in [6.45, 7) is 2.59. The van der Waals surface area contributed by atoms with Gasteiger partial charge in [-0.25, -0.2) is 9.78 Å². The van der Waals surface area contributed by atoms with E-state index in [-0.39, 0.29) is 17.8 Å². The molecule has 0 aliphatic heterocycles. The molecule has 0 atom stereocenters. The second kappa shape index (κ2) is 9.09. The zero-order chi connectivity index (χ0) is 22.7. The largest absolute Gasteiger partial charge is 0.493 e. The van der Waals surface area contributed by atoms with Crippen LogP contribution >= 0.6 is 0 Å². The molecule has 0 N–H and O–H groups in total. The van der Waals surface area contributed by atoms with Crippen molar-refractivity contribution in [2.45, 2.75) is 26.4 Å². The number of nitrogens with zero attached hydrogens (tertiary/aromatic N) is 3. The van der Waals surface area contributed by atoms with E-state index >= 15 is 0 Å². The fraction of sp³-hybridized carbons (Fsp3) is 0.240. The summed E-state index contributed by atoms with van der Waals surface area (Å²) in [5.74, 6) is 1.24. The first-order valence-electron chi connectivity index (χ1n) is 10.4. The van der Waals surface area contributed by atoms with Gasteiger partial charge in [0.05, 0.1) is 26.2 Å². The molecule has 0 amide bonds. The highest BCUT2D eigenvalue weighted by molar-refractivity contribution is 5.73. The minimum absolute atomic E-state index is 0.242. The molecule has 0 aliphatic carbocycles. The van der Waals surface area contributed by atoms with Crippen LogP contribution < -0.4 is 20.7 Å². The van der Waals surface area contributed by atoms with Gasteiger partial charge in [0.15, 0.2) is 11.5 Å². The third kappa shape index (κ3) is 4.14. The summed E-state index contributed by atoms with van der Waals surface area (Å²) in [6, 6.07) is 17.0. The van der Waals surface area contributed by atoms with E-state index in [4.69, 9.17) is 9.47 Å². The number of methoxy groups -OCH3 is 2. The molecule has 0 unspecified atom stereocenters. The van der Waals surface area contributed by atoms with Crippen molar-refractivity contribution in [1.82, 2.24) is 14.1 Å². The zero-order valence-corrected chi connectivity index (χ0v) is 18.4. The van der Waals surface area contributed by atoms with Crippen molar-refractivity contribution in [3.8, 4) is 11.5 Å². The number of fused-ring (bicyclic) bond motifs is 1. The second-order valence-corrected chi connectivity index (χ2v) is 7.63. The van der Waals surface area contributed by atoms with Gasteiger partial charge in [0, 0.05) is 12.7 Å². The number of aryl methyl sites for hydroxylation is 2. The molecule has 0 aliphatic rings. The van der Waals surface area contributed by atoms with Crippen molar-refractivity contribution in [3.63, 3.8) is 0 Å². The van der Waals surface area contributed by atoms with E-state index in [9.17, 15) is 9.59 Å². The Morgan fingerprint density at radius 3 is 2.31 bits per heavy atom. The smallest absolute Gasteiger partial charge is 0.332 e. The minimum atomic E-state index is -0.373. The summed E-state index contributed by atoms with van der Waals surface area (Å²) >= 11 is 0. The number of ether oxygens (including phenoxy) is 2. The van der Waals surface area contributed by atoms with Crippen LogP contribution in [0.1, 0.15) is 16.7 Å². The maximum atomic E-state index is 13.4. The van der Waals surface area contributed by atoms with Crippen LogP contribution in [-0.2, 0) is 19.5 Å². The van der Waals surface area contributed by atoms with Crippen molar-refractivity contribution in [2.75, 3.05) is 14.2 Å². The van der Waals surface area contributed by atoms with Gasteiger partial charge in [0.2, 0.25) is 0 Å². The van der Waals surface area contributed by atoms with Gasteiger partial charge in [-0.2, -0.15) is 0 Å².